The van der Waals surface area contributed by atoms with E-state index in [4.69, 9.17) is 18.9 Å². The van der Waals surface area contributed by atoms with E-state index >= 15 is 0 Å². The minimum Gasteiger partial charge on any atom is -0.344 e. The second-order valence-electron chi connectivity index (χ2n) is 16.4. The summed E-state index contributed by atoms with van der Waals surface area (Å²) in [7, 11) is -1.87. The predicted molar refractivity (Wildman–Crippen MR) is 213 cm³/mol. The summed E-state index contributed by atoms with van der Waals surface area (Å²) in [5.41, 5.74) is 17.7. The average Bonchev–Trinajstić information content (AvgIpc) is 3.86. The first-order chi connectivity index (χ1) is 23.7. The quantitative estimate of drug-likeness (QED) is 0.286. The molecule has 1 unspecified atom stereocenters. The summed E-state index contributed by atoms with van der Waals surface area (Å²) in [5.74, 6) is 0.602. The molecular weight excluding hydrogens is 700 g/mol. The Labute approximate surface area is 305 Å². The maximum Gasteiger partial charge on any atom is 0.163 e. The summed E-state index contributed by atoms with van der Waals surface area (Å²) in [4.78, 5) is 0. The van der Waals surface area contributed by atoms with Gasteiger partial charge in [0, 0.05) is 40.0 Å². The Morgan fingerprint density at radius 3 is 1.40 bits per heavy atom. The van der Waals surface area contributed by atoms with Gasteiger partial charge in [0.2, 0.25) is 0 Å². The van der Waals surface area contributed by atoms with Crippen LogP contribution < -0.4 is 42.9 Å². The molecule has 6 saturated heterocycles. The molecule has 6 fully saturated rings. The van der Waals surface area contributed by atoms with Crippen molar-refractivity contribution in [3.8, 4) is 0 Å². The Balaban J connectivity index is 1.15. The molecule has 0 radical (unpaired) electrons. The lowest BCUT2D eigenvalue weighted by Gasteiger charge is -2.34. The van der Waals surface area contributed by atoms with Crippen LogP contribution in [0.15, 0.2) is 42.5 Å². The second-order valence-corrected chi connectivity index (χ2v) is 27.7. The summed E-state index contributed by atoms with van der Waals surface area (Å²) in [5, 5.41) is 6.26. The Bertz CT molecular complexity index is 1550. The number of fused-ring (bicyclic) bond motifs is 2. The Kier molecular flexibility index (Phi) is 9.97. The van der Waals surface area contributed by atoms with Crippen LogP contribution >= 0.6 is 31.7 Å². The highest BCUT2D eigenvalue weighted by molar-refractivity contribution is 7.74. The van der Waals surface area contributed by atoms with Crippen molar-refractivity contribution in [3.05, 3.63) is 48.0 Å². The first-order valence-corrected chi connectivity index (χ1v) is 24.7. The predicted octanol–water partition coefficient (Wildman–Crippen LogP) is 5.56. The smallest absolute Gasteiger partial charge is 0.163 e. The molecular formula is C38H58N4O4P4. The molecule has 0 spiro atoms. The molecule has 0 amide bonds. The first-order valence-electron chi connectivity index (χ1n) is 18.7. The van der Waals surface area contributed by atoms with Gasteiger partial charge >= 0.3 is 0 Å². The zero-order valence-corrected chi connectivity index (χ0v) is 35.2. The van der Waals surface area contributed by atoms with Gasteiger partial charge in [0.25, 0.3) is 0 Å². The van der Waals surface area contributed by atoms with Gasteiger partial charge < -0.3 is 18.9 Å². The maximum absolute atomic E-state index is 6.62. The van der Waals surface area contributed by atoms with Crippen molar-refractivity contribution in [2.24, 2.45) is 0 Å². The van der Waals surface area contributed by atoms with Crippen LogP contribution in [0.5, 0.6) is 0 Å². The molecule has 0 bridgehead atoms. The van der Waals surface area contributed by atoms with Crippen LogP contribution in [0, 0.1) is 0 Å². The number of ether oxygens (including phenoxy) is 4. The lowest BCUT2D eigenvalue weighted by molar-refractivity contribution is -0.147. The van der Waals surface area contributed by atoms with E-state index in [2.05, 4.69) is 140 Å². The van der Waals surface area contributed by atoms with Crippen LogP contribution in [0.25, 0.3) is 0 Å². The third kappa shape index (κ3) is 6.23. The first kappa shape index (κ1) is 36.8. The fourth-order valence-electron chi connectivity index (χ4n) is 9.91. The molecule has 50 heavy (non-hydrogen) atoms. The fraction of sp³-hybridized carbons (Fsp3) is 0.684. The second kappa shape index (κ2) is 13.5. The van der Waals surface area contributed by atoms with E-state index < -0.39 is 35.3 Å². The topological polar surface area (TPSA) is 85.0 Å². The molecule has 0 aromatic heterocycles. The molecule has 2 aromatic rings. The summed E-state index contributed by atoms with van der Waals surface area (Å²) < 4.78 is 26.4. The highest BCUT2D eigenvalue weighted by Gasteiger charge is 2.59. The van der Waals surface area contributed by atoms with Gasteiger partial charge in [-0.25, -0.2) is 21.7 Å². The van der Waals surface area contributed by atoms with Crippen LogP contribution in [0.1, 0.15) is 81.7 Å². The van der Waals surface area contributed by atoms with Gasteiger partial charge in [0.1, 0.15) is 0 Å². The SMILES string of the molecule is C[C@@H]1NN[C@@H](C)P1c1ccccc1P1[C@H](C)NN[C@H]1Cc1ccc(P2[C@H](C)[C@H]3OC(C)(C)O[C@@H]3[C@H]2C)c(P2[C@H](C)[C@H]3OC(C)(C)O[C@@H]3[C@H]2C)c1. The minimum atomic E-state index is -0.523. The summed E-state index contributed by atoms with van der Waals surface area (Å²) in [6.45, 7) is 25.0. The molecule has 12 heteroatoms. The van der Waals surface area contributed by atoms with E-state index in [-0.39, 0.29) is 32.3 Å². The van der Waals surface area contributed by atoms with E-state index in [1.165, 1.54) is 5.56 Å². The third-order valence-electron chi connectivity index (χ3n) is 12.0. The Hall–Kier alpha value is -0.160. The molecule has 6 heterocycles. The molecule has 4 N–H and O–H groups in total. The van der Waals surface area contributed by atoms with Gasteiger partial charge in [0.05, 0.1) is 30.2 Å². The summed E-state index contributed by atoms with van der Waals surface area (Å²) >= 11 is 0. The monoisotopic (exact) mass is 758 g/mol. The molecule has 13 atom stereocenters. The van der Waals surface area contributed by atoms with Crippen molar-refractivity contribution in [3.63, 3.8) is 0 Å². The van der Waals surface area contributed by atoms with E-state index in [9.17, 15) is 0 Å². The zero-order valence-electron chi connectivity index (χ0n) is 31.6. The number of rotatable bonds is 6. The van der Waals surface area contributed by atoms with Crippen molar-refractivity contribution >= 4 is 52.9 Å². The van der Waals surface area contributed by atoms with Gasteiger partial charge in [-0.2, -0.15) is 0 Å². The van der Waals surface area contributed by atoms with Crippen LogP contribution in [0.3, 0.4) is 0 Å². The van der Waals surface area contributed by atoms with E-state index in [0.717, 1.165) is 6.42 Å². The Morgan fingerprint density at radius 1 is 0.500 bits per heavy atom. The normalized spacial score (nSPS) is 42.8. The van der Waals surface area contributed by atoms with Crippen LogP contribution in [0.4, 0.5) is 0 Å². The maximum atomic E-state index is 6.62. The van der Waals surface area contributed by atoms with Crippen molar-refractivity contribution in [2.75, 3.05) is 0 Å². The molecule has 2 aromatic carbocycles. The average molecular weight is 759 g/mol. The van der Waals surface area contributed by atoms with Gasteiger partial charge in [-0.15, -0.1) is 0 Å². The number of benzene rings is 2. The molecule has 8 rings (SSSR count). The molecule has 6 aliphatic rings. The number of hydrazine groups is 2. The number of nitrogens with one attached hydrogen (secondary N) is 4. The van der Waals surface area contributed by atoms with E-state index in [1.54, 1.807) is 21.2 Å². The Morgan fingerprint density at radius 2 is 0.900 bits per heavy atom. The zero-order chi connectivity index (χ0) is 35.4. The van der Waals surface area contributed by atoms with E-state index in [1.807, 2.05) is 0 Å². The molecule has 0 saturated carbocycles. The molecule has 6 aliphatic heterocycles. The van der Waals surface area contributed by atoms with Gasteiger partial charge in [-0.1, -0.05) is 86.0 Å². The van der Waals surface area contributed by atoms with Gasteiger partial charge in [-0.05, 0) is 97.5 Å². The van der Waals surface area contributed by atoms with Crippen LogP contribution in [-0.2, 0) is 25.4 Å². The lowest BCUT2D eigenvalue weighted by Crippen LogP contribution is -2.36. The van der Waals surface area contributed by atoms with Crippen molar-refractivity contribution in [1.29, 1.82) is 0 Å². The summed E-state index contributed by atoms with van der Waals surface area (Å²) in [6.07, 6.45) is 1.56. The number of hydrogen-bond acceptors (Lipinski definition) is 8. The standard InChI is InChI=1S/C38H58N4O4P4/c1-20-33-34(44-37(8,9)43-33)21(2)47(20)30-17-16-27(18-31(30)48-22(3)35-36(23(48)4)46-38(10,11)45-35)19-32-42-41-26(7)50(32)29-15-13-12-14-28(29)49-24(5)39-40-25(49)6/h12-18,20-26,32-36,39-42H,19H2,1-11H3/t20-,21-,22-,23-,24-,25-,26-,32-,33-,34-,35-,36-,50?/m1/s1. The minimum absolute atomic E-state index is 0.137. The van der Waals surface area contributed by atoms with E-state index in [0.29, 0.717) is 45.8 Å². The lowest BCUT2D eigenvalue weighted by atomic mass is 10.1. The fourth-order valence-corrected chi connectivity index (χ4v) is 23.2. The van der Waals surface area contributed by atoms with Crippen molar-refractivity contribution in [2.45, 2.75) is 164 Å². The molecule has 0 aliphatic carbocycles. The largest absolute Gasteiger partial charge is 0.344 e. The highest BCUT2D eigenvalue weighted by atomic mass is 31.1. The van der Waals surface area contributed by atoms with Gasteiger partial charge in [-0.3, -0.25) is 0 Å². The summed E-state index contributed by atoms with van der Waals surface area (Å²) in [6, 6.07) is 16.9. The van der Waals surface area contributed by atoms with Crippen molar-refractivity contribution < 1.29 is 18.9 Å². The van der Waals surface area contributed by atoms with Crippen LogP contribution in [0.2, 0.25) is 0 Å². The highest BCUT2D eigenvalue weighted by Crippen LogP contribution is 2.64. The van der Waals surface area contributed by atoms with Crippen molar-refractivity contribution in [1.82, 2.24) is 21.7 Å². The van der Waals surface area contributed by atoms with Gasteiger partial charge in [0.15, 0.2) is 11.6 Å². The third-order valence-corrected chi connectivity index (χ3v) is 24.7. The molecule has 274 valence electrons. The number of hydrogen-bond donors (Lipinski definition) is 4. The van der Waals surface area contributed by atoms with Crippen LogP contribution in [-0.4, -0.2) is 81.8 Å². The molecule has 8 nitrogen and oxygen atoms in total.